The van der Waals surface area contributed by atoms with Crippen molar-refractivity contribution in [2.75, 3.05) is 6.54 Å². The number of hydrogen-bond acceptors (Lipinski definition) is 2. The quantitative estimate of drug-likeness (QED) is 0.862. The average Bonchev–Trinajstić information content (AvgIpc) is 2.70. The van der Waals surface area contributed by atoms with E-state index in [1.165, 1.54) is 24.8 Å². The molecule has 2 atom stereocenters. The fourth-order valence-corrected chi connectivity index (χ4v) is 3.11. The first kappa shape index (κ1) is 12.6. The molecule has 0 spiro atoms. The Balaban J connectivity index is 2.24. The van der Waals surface area contributed by atoms with Gasteiger partial charge in [-0.1, -0.05) is 27.2 Å². The Morgan fingerprint density at radius 1 is 1.41 bits per heavy atom. The summed E-state index contributed by atoms with van der Waals surface area (Å²) in [6.07, 6.45) is 7.86. The smallest absolute Gasteiger partial charge is 0.0270 e. The van der Waals surface area contributed by atoms with Crippen molar-refractivity contribution < 1.29 is 0 Å². The number of nitrogens with zero attached hydrogens (tertiary/aromatic N) is 1. The third-order valence-electron chi connectivity index (χ3n) is 4.28. The Morgan fingerprint density at radius 2 is 2.12 bits per heavy atom. The van der Waals surface area contributed by atoms with Crippen molar-refractivity contribution in [3.05, 3.63) is 30.1 Å². The molecule has 1 aromatic heterocycles. The van der Waals surface area contributed by atoms with Crippen LogP contribution in [-0.2, 0) is 5.41 Å². The van der Waals surface area contributed by atoms with Gasteiger partial charge in [0.25, 0.3) is 0 Å². The van der Waals surface area contributed by atoms with E-state index in [0.29, 0.717) is 11.5 Å². The number of nitrogens with one attached hydrogen (secondary N) is 1. The van der Waals surface area contributed by atoms with Gasteiger partial charge in [0.2, 0.25) is 0 Å². The van der Waals surface area contributed by atoms with E-state index in [2.05, 4.69) is 43.2 Å². The minimum atomic E-state index is 0.327. The van der Waals surface area contributed by atoms with Crippen molar-refractivity contribution in [2.24, 2.45) is 5.92 Å². The Morgan fingerprint density at radius 3 is 2.65 bits per heavy atom. The molecule has 2 rings (SSSR count). The van der Waals surface area contributed by atoms with Crippen LogP contribution >= 0.6 is 0 Å². The van der Waals surface area contributed by atoms with E-state index >= 15 is 0 Å². The Hall–Kier alpha value is -0.890. The first-order valence-electron chi connectivity index (χ1n) is 6.79. The van der Waals surface area contributed by atoms with Gasteiger partial charge in [0.15, 0.2) is 0 Å². The second kappa shape index (κ2) is 5.18. The lowest BCUT2D eigenvalue weighted by molar-refractivity contribution is 0.308. The second-order valence-corrected chi connectivity index (χ2v) is 5.72. The highest BCUT2D eigenvalue weighted by Crippen LogP contribution is 2.44. The molecule has 2 nitrogen and oxygen atoms in total. The summed E-state index contributed by atoms with van der Waals surface area (Å²) >= 11 is 0. The molecule has 1 aliphatic carbocycles. The van der Waals surface area contributed by atoms with Crippen molar-refractivity contribution in [1.82, 2.24) is 10.3 Å². The van der Waals surface area contributed by atoms with Crippen molar-refractivity contribution in [3.8, 4) is 0 Å². The first-order chi connectivity index (χ1) is 8.15. The zero-order valence-electron chi connectivity index (χ0n) is 11.2. The molecule has 0 bridgehead atoms. The van der Waals surface area contributed by atoms with Crippen molar-refractivity contribution >= 4 is 0 Å². The maximum atomic E-state index is 4.15. The topological polar surface area (TPSA) is 24.9 Å². The highest BCUT2D eigenvalue weighted by atomic mass is 14.9. The molecule has 1 fully saturated rings. The summed E-state index contributed by atoms with van der Waals surface area (Å²) in [4.78, 5) is 4.15. The molecule has 94 valence electrons. The van der Waals surface area contributed by atoms with Gasteiger partial charge < -0.3 is 5.32 Å². The molecule has 0 radical (unpaired) electrons. The number of rotatable bonds is 4. The zero-order valence-corrected chi connectivity index (χ0v) is 11.2. The van der Waals surface area contributed by atoms with Crippen LogP contribution in [0.15, 0.2) is 24.5 Å². The van der Waals surface area contributed by atoms with Crippen molar-refractivity contribution in [2.45, 2.75) is 51.5 Å². The molecular formula is C15H24N2. The lowest BCUT2D eigenvalue weighted by Gasteiger charge is -2.35. The van der Waals surface area contributed by atoms with Crippen LogP contribution in [0, 0.1) is 5.92 Å². The van der Waals surface area contributed by atoms with Crippen LogP contribution in [0.25, 0.3) is 0 Å². The predicted octanol–water partition coefficient (Wildman–Crippen LogP) is 3.14. The van der Waals surface area contributed by atoms with Crippen molar-refractivity contribution in [3.63, 3.8) is 0 Å². The monoisotopic (exact) mass is 232 g/mol. The minimum absolute atomic E-state index is 0.327. The van der Waals surface area contributed by atoms with Crippen molar-refractivity contribution in [1.29, 1.82) is 0 Å². The summed E-state index contributed by atoms with van der Waals surface area (Å²) in [5.41, 5.74) is 1.79. The molecule has 1 saturated carbocycles. The summed E-state index contributed by atoms with van der Waals surface area (Å²) in [5, 5.41) is 3.64. The molecule has 2 unspecified atom stereocenters. The van der Waals surface area contributed by atoms with Gasteiger partial charge in [-0.3, -0.25) is 4.98 Å². The molecule has 0 saturated heterocycles. The van der Waals surface area contributed by atoms with Gasteiger partial charge in [0.1, 0.15) is 0 Å². The summed E-state index contributed by atoms with van der Waals surface area (Å²) in [5.74, 6) is 0.760. The summed E-state index contributed by atoms with van der Waals surface area (Å²) in [6, 6.07) is 4.95. The lowest BCUT2D eigenvalue weighted by atomic mass is 9.73. The average molecular weight is 232 g/mol. The van der Waals surface area contributed by atoms with Gasteiger partial charge in [-0.15, -0.1) is 0 Å². The highest BCUT2D eigenvalue weighted by molar-refractivity contribution is 5.26. The van der Waals surface area contributed by atoms with E-state index in [1.54, 1.807) is 0 Å². The highest BCUT2D eigenvalue weighted by Gasteiger charge is 2.41. The summed E-state index contributed by atoms with van der Waals surface area (Å²) < 4.78 is 0. The molecule has 0 amide bonds. The molecule has 1 heterocycles. The van der Waals surface area contributed by atoms with Crippen LogP contribution < -0.4 is 5.32 Å². The summed E-state index contributed by atoms with van der Waals surface area (Å²) in [7, 11) is 0. The fraction of sp³-hybridized carbons (Fsp3) is 0.667. The van der Waals surface area contributed by atoms with Gasteiger partial charge in [0.05, 0.1) is 0 Å². The minimum Gasteiger partial charge on any atom is -0.314 e. The van der Waals surface area contributed by atoms with E-state index in [0.717, 1.165) is 12.5 Å². The first-order valence-corrected chi connectivity index (χ1v) is 6.79. The predicted molar refractivity (Wildman–Crippen MR) is 72.1 cm³/mol. The van der Waals surface area contributed by atoms with E-state index < -0.39 is 0 Å². The molecule has 1 aromatic rings. The molecule has 17 heavy (non-hydrogen) atoms. The third-order valence-corrected chi connectivity index (χ3v) is 4.28. The molecular weight excluding hydrogens is 208 g/mol. The van der Waals surface area contributed by atoms with Gasteiger partial charge in [-0.2, -0.15) is 0 Å². The second-order valence-electron chi connectivity index (χ2n) is 5.72. The van der Waals surface area contributed by atoms with E-state index in [4.69, 9.17) is 0 Å². The lowest BCUT2D eigenvalue weighted by Crippen LogP contribution is -2.42. The third kappa shape index (κ3) is 2.52. The maximum Gasteiger partial charge on any atom is 0.0270 e. The van der Waals surface area contributed by atoms with Crippen LogP contribution in [0.4, 0.5) is 0 Å². The van der Waals surface area contributed by atoms with Crippen LogP contribution in [0.3, 0.4) is 0 Å². The Labute approximate surface area is 105 Å². The van der Waals surface area contributed by atoms with Gasteiger partial charge in [0, 0.05) is 30.4 Å². The number of pyridine rings is 1. The largest absolute Gasteiger partial charge is 0.314 e. The number of aromatic nitrogens is 1. The molecule has 0 aromatic carbocycles. The Kier molecular flexibility index (Phi) is 3.82. The maximum absolute atomic E-state index is 4.15. The molecule has 1 aliphatic rings. The van der Waals surface area contributed by atoms with E-state index in [9.17, 15) is 0 Å². The van der Waals surface area contributed by atoms with E-state index in [-0.39, 0.29) is 0 Å². The van der Waals surface area contributed by atoms with Gasteiger partial charge >= 0.3 is 0 Å². The fourth-order valence-electron chi connectivity index (χ4n) is 3.11. The normalized spacial score (nSPS) is 28.8. The standard InChI is InChI=1S/C15H24N2/c1-12(2)17-11-15(8-4-5-13(15)3)14-6-9-16-10-7-14/h6-7,9-10,12-13,17H,4-5,8,11H2,1-3H3. The van der Waals surface area contributed by atoms with Crippen LogP contribution in [0.1, 0.15) is 45.6 Å². The van der Waals surface area contributed by atoms with Gasteiger partial charge in [-0.25, -0.2) is 0 Å². The molecule has 2 heteroatoms. The zero-order chi connectivity index (χ0) is 12.3. The van der Waals surface area contributed by atoms with Crippen LogP contribution in [0.2, 0.25) is 0 Å². The SMILES string of the molecule is CC(C)NCC1(c2ccncc2)CCCC1C. The van der Waals surface area contributed by atoms with E-state index in [1.807, 2.05) is 12.4 Å². The molecule has 1 N–H and O–H groups in total. The van der Waals surface area contributed by atoms with Crippen LogP contribution in [0.5, 0.6) is 0 Å². The molecule has 0 aliphatic heterocycles. The van der Waals surface area contributed by atoms with Gasteiger partial charge in [-0.05, 0) is 36.5 Å². The number of hydrogen-bond donors (Lipinski definition) is 1. The summed E-state index contributed by atoms with van der Waals surface area (Å²) in [6.45, 7) is 7.94. The Bertz CT molecular complexity index is 347. The van der Waals surface area contributed by atoms with Crippen LogP contribution in [-0.4, -0.2) is 17.6 Å².